The van der Waals surface area contributed by atoms with Crippen molar-refractivity contribution in [1.29, 1.82) is 0 Å². The van der Waals surface area contributed by atoms with Gasteiger partial charge in [0.25, 0.3) is 0 Å². The number of rotatable bonds is 6. The van der Waals surface area contributed by atoms with Crippen molar-refractivity contribution in [3.05, 3.63) is 23.9 Å². The normalized spacial score (nSPS) is 10.8. The van der Waals surface area contributed by atoms with Gasteiger partial charge in [0, 0.05) is 31.9 Å². The van der Waals surface area contributed by atoms with Crippen molar-refractivity contribution in [2.24, 2.45) is 0 Å². The van der Waals surface area contributed by atoms with Gasteiger partial charge in [0.1, 0.15) is 11.6 Å². The molecule has 0 spiro atoms. The molecule has 6 nitrogen and oxygen atoms in total. The van der Waals surface area contributed by atoms with Crippen LogP contribution in [0.2, 0.25) is 0 Å². The quantitative estimate of drug-likeness (QED) is 0.724. The molecule has 2 heterocycles. The molecule has 0 aliphatic carbocycles. The topological polar surface area (TPSA) is 84.6 Å². The number of anilines is 2. The predicted octanol–water partition coefficient (Wildman–Crippen LogP) is 1.56. The Morgan fingerprint density at radius 1 is 1.50 bits per heavy atom. The van der Waals surface area contributed by atoms with Crippen LogP contribution in [0.3, 0.4) is 0 Å². The first-order chi connectivity index (χ1) is 8.72. The minimum Gasteiger partial charge on any atom is -0.394 e. The summed E-state index contributed by atoms with van der Waals surface area (Å²) in [6, 6.07) is 0. The second-order valence-corrected chi connectivity index (χ2v) is 4.28. The van der Waals surface area contributed by atoms with Crippen LogP contribution >= 0.6 is 0 Å². The summed E-state index contributed by atoms with van der Waals surface area (Å²) >= 11 is 0. The summed E-state index contributed by atoms with van der Waals surface area (Å²) in [5, 5.41) is 7.76. The second kappa shape index (κ2) is 5.57. The fourth-order valence-electron chi connectivity index (χ4n) is 1.89. The second-order valence-electron chi connectivity index (χ2n) is 4.28. The maximum atomic E-state index is 6.02. The minimum absolute atomic E-state index is 0.739. The van der Waals surface area contributed by atoms with Crippen LogP contribution in [0.15, 0.2) is 12.4 Å². The van der Waals surface area contributed by atoms with Gasteiger partial charge in [-0.25, -0.2) is 9.67 Å². The number of nitrogens with one attached hydrogen (secondary N) is 2. The molecular weight excluding hydrogens is 228 g/mol. The SMILES string of the molecule is CCCn1nc(C)c(N)c1NCCc1ncc[nH]1. The Balaban J connectivity index is 1.99. The van der Waals surface area contributed by atoms with Crippen LogP contribution in [-0.4, -0.2) is 26.3 Å². The lowest BCUT2D eigenvalue weighted by molar-refractivity contribution is 0.602. The van der Waals surface area contributed by atoms with Gasteiger partial charge in [0.2, 0.25) is 0 Å². The maximum Gasteiger partial charge on any atom is 0.148 e. The lowest BCUT2D eigenvalue weighted by Gasteiger charge is -2.09. The highest BCUT2D eigenvalue weighted by atomic mass is 15.3. The highest BCUT2D eigenvalue weighted by molar-refractivity contribution is 5.64. The molecule has 0 amide bonds. The number of aromatic nitrogens is 4. The first-order valence-electron chi connectivity index (χ1n) is 6.27. The third-order valence-electron chi connectivity index (χ3n) is 2.82. The first-order valence-corrected chi connectivity index (χ1v) is 6.27. The van der Waals surface area contributed by atoms with Gasteiger partial charge < -0.3 is 16.0 Å². The number of aromatic amines is 1. The molecule has 0 fully saturated rings. The van der Waals surface area contributed by atoms with Crippen LogP contribution in [-0.2, 0) is 13.0 Å². The number of nitrogen functional groups attached to an aromatic ring is 1. The number of H-pyrrole nitrogens is 1. The van der Waals surface area contributed by atoms with Gasteiger partial charge >= 0.3 is 0 Å². The summed E-state index contributed by atoms with van der Waals surface area (Å²) in [6.07, 6.45) is 5.46. The van der Waals surface area contributed by atoms with Crippen LogP contribution in [0, 0.1) is 6.92 Å². The van der Waals surface area contributed by atoms with Gasteiger partial charge in [-0.05, 0) is 13.3 Å². The molecule has 2 aromatic heterocycles. The Kier molecular flexibility index (Phi) is 3.86. The number of imidazole rings is 1. The standard InChI is InChI=1S/C12H20N6/c1-3-8-18-12(11(13)9(2)17-18)16-5-4-10-14-6-7-15-10/h6-7,16H,3-5,8,13H2,1-2H3,(H,14,15). The van der Waals surface area contributed by atoms with E-state index >= 15 is 0 Å². The van der Waals surface area contributed by atoms with E-state index in [9.17, 15) is 0 Å². The Bertz CT molecular complexity index is 485. The highest BCUT2D eigenvalue weighted by Crippen LogP contribution is 2.22. The fourth-order valence-corrected chi connectivity index (χ4v) is 1.89. The van der Waals surface area contributed by atoms with Gasteiger partial charge in [-0.2, -0.15) is 5.10 Å². The molecule has 18 heavy (non-hydrogen) atoms. The number of hydrogen-bond donors (Lipinski definition) is 3. The molecule has 0 bridgehead atoms. The minimum atomic E-state index is 0.739. The van der Waals surface area contributed by atoms with Gasteiger partial charge in [0.05, 0.1) is 11.4 Å². The van der Waals surface area contributed by atoms with Crippen molar-refractivity contribution in [3.63, 3.8) is 0 Å². The van der Waals surface area contributed by atoms with E-state index < -0.39 is 0 Å². The summed E-state index contributed by atoms with van der Waals surface area (Å²) in [6.45, 7) is 5.72. The number of hydrogen-bond acceptors (Lipinski definition) is 4. The van der Waals surface area contributed by atoms with Gasteiger partial charge in [-0.1, -0.05) is 6.92 Å². The van der Waals surface area contributed by atoms with Crippen LogP contribution in [0.25, 0.3) is 0 Å². The van der Waals surface area contributed by atoms with Crippen molar-refractivity contribution in [2.45, 2.75) is 33.2 Å². The zero-order chi connectivity index (χ0) is 13.0. The Hall–Kier alpha value is -1.98. The van der Waals surface area contributed by atoms with Crippen molar-refractivity contribution >= 4 is 11.5 Å². The summed E-state index contributed by atoms with van der Waals surface area (Å²) in [5.74, 6) is 1.89. The molecule has 0 atom stereocenters. The van der Waals surface area contributed by atoms with Crippen molar-refractivity contribution < 1.29 is 0 Å². The smallest absolute Gasteiger partial charge is 0.148 e. The van der Waals surface area contributed by atoms with Crippen LogP contribution in [0.5, 0.6) is 0 Å². The van der Waals surface area contributed by atoms with E-state index in [-0.39, 0.29) is 0 Å². The van der Waals surface area contributed by atoms with Crippen LogP contribution in [0.1, 0.15) is 24.9 Å². The maximum absolute atomic E-state index is 6.02. The molecule has 0 unspecified atom stereocenters. The molecule has 0 aliphatic heterocycles. The first kappa shape index (κ1) is 12.5. The van der Waals surface area contributed by atoms with Crippen molar-refractivity contribution in [3.8, 4) is 0 Å². The molecule has 2 rings (SSSR count). The molecule has 98 valence electrons. The Morgan fingerprint density at radius 3 is 3.00 bits per heavy atom. The van der Waals surface area contributed by atoms with E-state index in [0.29, 0.717) is 0 Å². The van der Waals surface area contributed by atoms with Crippen LogP contribution < -0.4 is 11.1 Å². The zero-order valence-corrected chi connectivity index (χ0v) is 10.9. The monoisotopic (exact) mass is 248 g/mol. The molecule has 0 radical (unpaired) electrons. The van der Waals surface area contributed by atoms with Crippen molar-refractivity contribution in [2.75, 3.05) is 17.6 Å². The molecule has 2 aromatic rings. The number of nitrogens with zero attached hydrogens (tertiary/aromatic N) is 3. The summed E-state index contributed by atoms with van der Waals surface area (Å²) in [4.78, 5) is 7.26. The molecule has 0 saturated heterocycles. The van der Waals surface area contributed by atoms with Crippen LogP contribution in [0.4, 0.5) is 11.5 Å². The summed E-state index contributed by atoms with van der Waals surface area (Å²) in [7, 11) is 0. The van der Waals surface area contributed by atoms with E-state index in [1.54, 1.807) is 6.20 Å². The average Bonchev–Trinajstić information content (AvgIpc) is 2.94. The molecular formula is C12H20N6. The molecule has 0 saturated carbocycles. The van der Waals surface area contributed by atoms with E-state index in [1.807, 2.05) is 17.8 Å². The molecule has 0 aliphatic rings. The Labute approximate surface area is 107 Å². The number of aryl methyl sites for hydroxylation is 2. The van der Waals surface area contributed by atoms with E-state index in [1.165, 1.54) is 0 Å². The van der Waals surface area contributed by atoms with Gasteiger partial charge in [0.15, 0.2) is 0 Å². The largest absolute Gasteiger partial charge is 0.394 e. The van der Waals surface area contributed by atoms with Gasteiger partial charge in [-0.3, -0.25) is 0 Å². The van der Waals surface area contributed by atoms with E-state index in [0.717, 1.165) is 49.0 Å². The molecule has 6 heteroatoms. The highest BCUT2D eigenvalue weighted by Gasteiger charge is 2.11. The lowest BCUT2D eigenvalue weighted by atomic mass is 10.3. The summed E-state index contributed by atoms with van der Waals surface area (Å²) < 4.78 is 1.94. The Morgan fingerprint density at radius 2 is 2.33 bits per heavy atom. The zero-order valence-electron chi connectivity index (χ0n) is 10.9. The predicted molar refractivity (Wildman–Crippen MR) is 72.4 cm³/mol. The third-order valence-corrected chi connectivity index (χ3v) is 2.82. The van der Waals surface area contributed by atoms with E-state index in [2.05, 4.69) is 27.3 Å². The fraction of sp³-hybridized carbons (Fsp3) is 0.500. The van der Waals surface area contributed by atoms with E-state index in [4.69, 9.17) is 5.73 Å². The summed E-state index contributed by atoms with van der Waals surface area (Å²) in [5.41, 5.74) is 7.64. The van der Waals surface area contributed by atoms with Crippen molar-refractivity contribution in [1.82, 2.24) is 19.7 Å². The number of nitrogens with two attached hydrogens (primary N) is 1. The molecule has 0 aromatic carbocycles. The third kappa shape index (κ3) is 2.64. The molecule has 4 N–H and O–H groups in total. The average molecular weight is 248 g/mol. The lowest BCUT2D eigenvalue weighted by Crippen LogP contribution is -2.12. The van der Waals surface area contributed by atoms with Gasteiger partial charge in [-0.15, -0.1) is 0 Å².